The number of rotatable bonds is 1. The van der Waals surface area contributed by atoms with Crippen LogP contribution in [0, 0.1) is 6.57 Å². The average Bonchev–Trinajstić information content (AvgIpc) is 2.30. The van der Waals surface area contributed by atoms with Gasteiger partial charge in [-0.15, -0.1) is 0 Å². The Balaban J connectivity index is 2.26. The second-order valence-corrected chi connectivity index (χ2v) is 3.69. The molecule has 2 rings (SSSR count). The van der Waals surface area contributed by atoms with Crippen LogP contribution in [0.3, 0.4) is 0 Å². The van der Waals surface area contributed by atoms with Crippen molar-refractivity contribution in [3.05, 3.63) is 41.2 Å². The number of benzene rings is 1. The summed E-state index contributed by atoms with van der Waals surface area (Å²) in [6, 6.07) is 8.00. The fourth-order valence-electron chi connectivity index (χ4n) is 2.07. The van der Waals surface area contributed by atoms with Crippen LogP contribution in [0.1, 0.15) is 24.3 Å². The summed E-state index contributed by atoms with van der Waals surface area (Å²) in [6.07, 6.45) is 2.32. The molecule has 0 aliphatic carbocycles. The van der Waals surface area contributed by atoms with Gasteiger partial charge >= 0.3 is 0 Å². The standard InChI is InChI=1S/C12H14N2/c1-13-12-5-3-2-4-11(12)10-6-8-14-9-7-10/h2-5,10,14H,6-9H2. The van der Waals surface area contributed by atoms with Crippen molar-refractivity contribution >= 4 is 5.69 Å². The lowest BCUT2D eigenvalue weighted by Crippen LogP contribution is -2.26. The predicted octanol–water partition coefficient (Wildman–Crippen LogP) is 2.70. The third kappa shape index (κ3) is 1.78. The van der Waals surface area contributed by atoms with Gasteiger partial charge in [-0.3, -0.25) is 0 Å². The third-order valence-corrected chi connectivity index (χ3v) is 2.84. The minimum atomic E-state index is 0.585. The summed E-state index contributed by atoms with van der Waals surface area (Å²) >= 11 is 0. The van der Waals surface area contributed by atoms with E-state index in [1.807, 2.05) is 18.2 Å². The number of para-hydroxylation sites is 1. The van der Waals surface area contributed by atoms with E-state index in [4.69, 9.17) is 6.57 Å². The lowest BCUT2D eigenvalue weighted by atomic mass is 9.89. The van der Waals surface area contributed by atoms with E-state index < -0.39 is 0 Å². The summed E-state index contributed by atoms with van der Waals surface area (Å²) < 4.78 is 0. The van der Waals surface area contributed by atoms with Crippen molar-refractivity contribution in [1.82, 2.24) is 5.32 Å². The van der Waals surface area contributed by atoms with Crippen LogP contribution < -0.4 is 5.32 Å². The largest absolute Gasteiger partial charge is 0.317 e. The number of hydrogen-bond acceptors (Lipinski definition) is 1. The molecule has 1 aliphatic heterocycles. The summed E-state index contributed by atoms with van der Waals surface area (Å²) in [6.45, 7) is 9.27. The van der Waals surface area contributed by atoms with Gasteiger partial charge in [0.15, 0.2) is 5.69 Å². The second-order valence-electron chi connectivity index (χ2n) is 3.69. The fourth-order valence-corrected chi connectivity index (χ4v) is 2.07. The van der Waals surface area contributed by atoms with Crippen LogP contribution in [0.2, 0.25) is 0 Å². The quantitative estimate of drug-likeness (QED) is 0.667. The first kappa shape index (κ1) is 9.23. The molecule has 1 N–H and O–H groups in total. The Morgan fingerprint density at radius 1 is 1.21 bits per heavy atom. The van der Waals surface area contributed by atoms with E-state index in [9.17, 15) is 0 Å². The van der Waals surface area contributed by atoms with Gasteiger partial charge in [-0.25, -0.2) is 4.85 Å². The Hall–Kier alpha value is -1.33. The van der Waals surface area contributed by atoms with Crippen molar-refractivity contribution in [2.75, 3.05) is 13.1 Å². The highest BCUT2D eigenvalue weighted by atomic mass is 14.9. The molecule has 2 heteroatoms. The summed E-state index contributed by atoms with van der Waals surface area (Å²) in [5.74, 6) is 0.585. The van der Waals surface area contributed by atoms with Crippen LogP contribution in [0.25, 0.3) is 4.85 Å². The van der Waals surface area contributed by atoms with E-state index in [-0.39, 0.29) is 0 Å². The number of nitrogens with zero attached hydrogens (tertiary/aromatic N) is 1. The summed E-state index contributed by atoms with van der Waals surface area (Å²) in [5.41, 5.74) is 2.07. The maximum absolute atomic E-state index is 7.11. The third-order valence-electron chi connectivity index (χ3n) is 2.84. The van der Waals surface area contributed by atoms with Gasteiger partial charge in [-0.1, -0.05) is 24.3 Å². The van der Waals surface area contributed by atoms with E-state index in [0.29, 0.717) is 5.92 Å². The van der Waals surface area contributed by atoms with Crippen LogP contribution in [0.4, 0.5) is 5.69 Å². The molecule has 0 radical (unpaired) electrons. The van der Waals surface area contributed by atoms with Crippen LogP contribution >= 0.6 is 0 Å². The summed E-state index contributed by atoms with van der Waals surface area (Å²) in [7, 11) is 0. The molecule has 72 valence electrons. The van der Waals surface area contributed by atoms with Crippen LogP contribution in [-0.4, -0.2) is 13.1 Å². The smallest absolute Gasteiger partial charge is 0.190 e. The topological polar surface area (TPSA) is 16.4 Å². The van der Waals surface area contributed by atoms with Crippen LogP contribution in [0.5, 0.6) is 0 Å². The van der Waals surface area contributed by atoms with Gasteiger partial charge in [0.05, 0.1) is 6.57 Å². The maximum Gasteiger partial charge on any atom is 0.190 e. The molecular formula is C12H14N2. The minimum Gasteiger partial charge on any atom is -0.317 e. The molecular weight excluding hydrogens is 172 g/mol. The second kappa shape index (κ2) is 4.26. The lowest BCUT2D eigenvalue weighted by Gasteiger charge is -2.23. The molecule has 0 saturated carbocycles. The minimum absolute atomic E-state index is 0.585. The number of piperidine rings is 1. The van der Waals surface area contributed by atoms with Gasteiger partial charge in [0, 0.05) is 0 Å². The summed E-state index contributed by atoms with van der Waals surface area (Å²) in [4.78, 5) is 3.58. The van der Waals surface area contributed by atoms with Crippen molar-refractivity contribution in [1.29, 1.82) is 0 Å². The Morgan fingerprint density at radius 3 is 2.64 bits per heavy atom. The monoisotopic (exact) mass is 186 g/mol. The van der Waals surface area contributed by atoms with E-state index in [1.54, 1.807) is 0 Å². The Morgan fingerprint density at radius 2 is 1.93 bits per heavy atom. The molecule has 1 heterocycles. The van der Waals surface area contributed by atoms with E-state index in [1.165, 1.54) is 5.56 Å². The molecule has 1 saturated heterocycles. The van der Waals surface area contributed by atoms with Crippen molar-refractivity contribution in [2.24, 2.45) is 0 Å². The molecule has 1 aromatic carbocycles. The lowest BCUT2D eigenvalue weighted by molar-refractivity contribution is 0.461. The molecule has 0 aromatic heterocycles. The molecule has 0 bridgehead atoms. The first-order valence-corrected chi connectivity index (χ1v) is 5.09. The highest BCUT2D eigenvalue weighted by molar-refractivity contribution is 5.53. The van der Waals surface area contributed by atoms with E-state index >= 15 is 0 Å². The fraction of sp³-hybridized carbons (Fsp3) is 0.417. The van der Waals surface area contributed by atoms with Crippen molar-refractivity contribution in [2.45, 2.75) is 18.8 Å². The normalized spacial score (nSPS) is 17.6. The summed E-state index contributed by atoms with van der Waals surface area (Å²) in [5, 5.41) is 3.34. The highest BCUT2D eigenvalue weighted by Gasteiger charge is 2.17. The molecule has 2 nitrogen and oxygen atoms in total. The molecule has 1 fully saturated rings. The van der Waals surface area contributed by atoms with Crippen molar-refractivity contribution in [3.8, 4) is 0 Å². The molecule has 0 amide bonds. The molecule has 1 aromatic rings. The zero-order chi connectivity index (χ0) is 9.80. The zero-order valence-corrected chi connectivity index (χ0v) is 8.16. The van der Waals surface area contributed by atoms with Crippen molar-refractivity contribution in [3.63, 3.8) is 0 Å². The Bertz CT molecular complexity index is 346. The van der Waals surface area contributed by atoms with Gasteiger partial charge in [0.2, 0.25) is 0 Å². The predicted molar refractivity (Wildman–Crippen MR) is 57.5 cm³/mol. The maximum atomic E-state index is 7.11. The van der Waals surface area contributed by atoms with Crippen LogP contribution in [0.15, 0.2) is 24.3 Å². The highest BCUT2D eigenvalue weighted by Crippen LogP contribution is 2.32. The molecule has 1 aliphatic rings. The van der Waals surface area contributed by atoms with Crippen molar-refractivity contribution < 1.29 is 0 Å². The van der Waals surface area contributed by atoms with E-state index in [2.05, 4.69) is 16.2 Å². The molecule has 0 unspecified atom stereocenters. The first-order chi connectivity index (χ1) is 6.92. The molecule has 14 heavy (non-hydrogen) atoms. The van der Waals surface area contributed by atoms with Gasteiger partial charge in [-0.05, 0) is 37.4 Å². The van der Waals surface area contributed by atoms with Gasteiger partial charge in [0.25, 0.3) is 0 Å². The molecule has 0 atom stereocenters. The number of nitrogens with one attached hydrogen (secondary N) is 1. The first-order valence-electron chi connectivity index (χ1n) is 5.09. The SMILES string of the molecule is [C-]#[N+]c1ccccc1C1CCNCC1. The van der Waals surface area contributed by atoms with Crippen LogP contribution in [-0.2, 0) is 0 Å². The molecule has 0 spiro atoms. The van der Waals surface area contributed by atoms with Gasteiger partial charge in [-0.2, -0.15) is 0 Å². The van der Waals surface area contributed by atoms with Gasteiger partial charge in [0.1, 0.15) is 0 Å². The van der Waals surface area contributed by atoms with E-state index in [0.717, 1.165) is 31.6 Å². The zero-order valence-electron chi connectivity index (χ0n) is 8.16. The average molecular weight is 186 g/mol. The Labute approximate surface area is 84.8 Å². The van der Waals surface area contributed by atoms with Gasteiger partial charge < -0.3 is 5.32 Å². The Kier molecular flexibility index (Phi) is 2.81. The number of hydrogen-bond donors (Lipinski definition) is 1.